The number of carbonyl (C=O) groups is 2. The fourth-order valence-electron chi connectivity index (χ4n) is 1.40. The Hall–Kier alpha value is -0.410. The first-order valence-electron chi connectivity index (χ1n) is 5.43. The number of nitrogens with one attached hydrogen (secondary N) is 1. The average molecular weight is 359 g/mol. The van der Waals surface area contributed by atoms with E-state index < -0.39 is 26.6 Å². The molecule has 2 atom stereocenters. The van der Waals surface area contributed by atoms with E-state index in [-0.39, 0.29) is 24.3 Å². The van der Waals surface area contributed by atoms with Gasteiger partial charge in [0.15, 0.2) is 0 Å². The molecule has 1 fully saturated rings. The maximum atomic E-state index is 11.3. The number of aliphatic hydroxyl groups is 1. The minimum atomic E-state index is -2.10. The van der Waals surface area contributed by atoms with Crippen LogP contribution in [0.25, 0.3) is 0 Å². The zero-order valence-electron chi connectivity index (χ0n) is 9.94. The fourth-order valence-corrected chi connectivity index (χ4v) is 5.07. The molecule has 0 bridgehead atoms. The second kappa shape index (κ2) is 7.12. The Morgan fingerprint density at radius 1 is 1.76 bits per heavy atom. The second-order valence-corrected chi connectivity index (χ2v) is 7.66. The third kappa shape index (κ3) is 4.76. The summed E-state index contributed by atoms with van der Waals surface area (Å²) in [5.74, 6) is -0.845. The van der Waals surface area contributed by atoms with E-state index in [0.717, 1.165) is 0 Å². The molecule has 0 aliphatic carbocycles. The molecule has 2 N–H and O–H groups in total. The predicted molar refractivity (Wildman–Crippen MR) is 69.4 cm³/mol. The van der Waals surface area contributed by atoms with E-state index in [0.29, 0.717) is 17.4 Å². The third-order valence-electron chi connectivity index (χ3n) is 2.40. The fraction of sp³-hybridized carbons (Fsp3) is 0.800. The first kappa shape index (κ1) is 14.7. The average Bonchev–Trinajstić information content (AvgIpc) is 2.28. The zero-order valence-corrected chi connectivity index (χ0v) is 12.1. The van der Waals surface area contributed by atoms with Crippen LogP contribution in [-0.4, -0.2) is 41.2 Å². The van der Waals surface area contributed by atoms with Crippen molar-refractivity contribution in [3.63, 3.8) is 0 Å². The van der Waals surface area contributed by atoms with E-state index in [9.17, 15) is 14.7 Å². The van der Waals surface area contributed by atoms with Crippen molar-refractivity contribution in [1.29, 1.82) is 0 Å². The van der Waals surface area contributed by atoms with Gasteiger partial charge in [-0.1, -0.05) is 0 Å². The molecule has 0 saturated carbocycles. The number of hydrogen-bond donors (Lipinski definition) is 2. The van der Waals surface area contributed by atoms with Gasteiger partial charge in [-0.05, 0) is 0 Å². The van der Waals surface area contributed by atoms with E-state index in [1.54, 1.807) is 0 Å². The first-order chi connectivity index (χ1) is 8.06. The van der Waals surface area contributed by atoms with Crippen LogP contribution < -0.4 is 3.53 Å². The number of esters is 1. The summed E-state index contributed by atoms with van der Waals surface area (Å²) in [7, 11) is 1.36. The van der Waals surface area contributed by atoms with Gasteiger partial charge < -0.3 is 0 Å². The van der Waals surface area contributed by atoms with Crippen molar-refractivity contribution >= 4 is 32.4 Å². The van der Waals surface area contributed by atoms with E-state index in [1.165, 1.54) is 7.11 Å². The van der Waals surface area contributed by atoms with E-state index in [2.05, 4.69) is 8.27 Å². The number of hydrogen-bond acceptors (Lipinski definition) is 6. The van der Waals surface area contributed by atoms with Gasteiger partial charge in [0, 0.05) is 0 Å². The van der Waals surface area contributed by atoms with Gasteiger partial charge >= 0.3 is 108 Å². The second-order valence-electron chi connectivity index (χ2n) is 3.75. The van der Waals surface area contributed by atoms with Crippen molar-refractivity contribution in [1.82, 2.24) is 3.53 Å². The van der Waals surface area contributed by atoms with E-state index >= 15 is 0 Å². The van der Waals surface area contributed by atoms with E-state index in [1.807, 2.05) is 6.92 Å². The number of carbonyl (C=O) groups excluding carboxylic acids is 2. The normalized spacial score (nSPS) is 24.1. The maximum absolute atomic E-state index is 11.3. The van der Waals surface area contributed by atoms with Crippen LogP contribution in [0.3, 0.4) is 0 Å². The Bertz CT molecular complexity index is 286. The quantitative estimate of drug-likeness (QED) is 0.320. The SMILES string of the molecule is CC[C@H](CNI1C[C@@H](O)CC(=O)O1)C(=O)OC. The van der Waals surface area contributed by atoms with Gasteiger partial charge in [0.05, 0.1) is 0 Å². The first-order valence-corrected chi connectivity index (χ1v) is 8.91. The van der Waals surface area contributed by atoms with Gasteiger partial charge in [0.25, 0.3) is 0 Å². The van der Waals surface area contributed by atoms with Gasteiger partial charge in [-0.3, -0.25) is 0 Å². The Labute approximate surface area is 108 Å². The van der Waals surface area contributed by atoms with Gasteiger partial charge in [0.2, 0.25) is 0 Å². The molecule has 17 heavy (non-hydrogen) atoms. The molecule has 6 nitrogen and oxygen atoms in total. The van der Waals surface area contributed by atoms with Gasteiger partial charge in [-0.2, -0.15) is 0 Å². The number of ether oxygens (including phenoxy) is 1. The summed E-state index contributed by atoms with van der Waals surface area (Å²) in [4.78, 5) is 22.5. The van der Waals surface area contributed by atoms with Crippen LogP contribution in [0.15, 0.2) is 0 Å². The zero-order chi connectivity index (χ0) is 12.8. The molecular weight excluding hydrogens is 341 g/mol. The molecule has 100 valence electrons. The van der Waals surface area contributed by atoms with Crippen molar-refractivity contribution in [3.8, 4) is 0 Å². The van der Waals surface area contributed by atoms with Crippen LogP contribution in [-0.2, 0) is 17.4 Å². The number of aliphatic hydroxyl groups excluding tert-OH is 1. The molecule has 1 heterocycles. The van der Waals surface area contributed by atoms with Crippen LogP contribution >= 0.6 is 20.5 Å². The minimum absolute atomic E-state index is 0.0733. The van der Waals surface area contributed by atoms with Crippen LogP contribution in [0, 0.1) is 5.92 Å². The predicted octanol–water partition coefficient (Wildman–Crippen LogP) is 0.419. The van der Waals surface area contributed by atoms with Crippen molar-refractivity contribution in [2.45, 2.75) is 25.9 Å². The van der Waals surface area contributed by atoms with Crippen LogP contribution in [0.2, 0.25) is 0 Å². The van der Waals surface area contributed by atoms with Crippen molar-refractivity contribution in [2.75, 3.05) is 18.1 Å². The number of halogens is 1. The molecule has 1 rings (SSSR count). The molecule has 0 radical (unpaired) electrons. The Kier molecular flexibility index (Phi) is 6.14. The molecule has 7 heteroatoms. The molecule has 0 spiro atoms. The molecule has 1 aliphatic heterocycles. The summed E-state index contributed by atoms with van der Waals surface area (Å²) in [5.41, 5.74) is 0. The Balaban J connectivity index is 2.38. The van der Waals surface area contributed by atoms with E-state index in [4.69, 9.17) is 3.07 Å². The monoisotopic (exact) mass is 359 g/mol. The molecule has 0 amide bonds. The molecule has 0 aromatic rings. The third-order valence-corrected chi connectivity index (χ3v) is 6.53. The molecular formula is C10H18INO5. The van der Waals surface area contributed by atoms with Crippen molar-refractivity contribution in [2.24, 2.45) is 5.92 Å². The molecule has 0 aromatic heterocycles. The molecule has 0 aromatic carbocycles. The van der Waals surface area contributed by atoms with Crippen molar-refractivity contribution in [3.05, 3.63) is 0 Å². The van der Waals surface area contributed by atoms with Gasteiger partial charge in [-0.15, -0.1) is 0 Å². The Morgan fingerprint density at radius 3 is 3.00 bits per heavy atom. The topological polar surface area (TPSA) is 84.9 Å². The number of rotatable bonds is 5. The Morgan fingerprint density at radius 2 is 2.47 bits per heavy atom. The summed E-state index contributed by atoms with van der Waals surface area (Å²) in [6.45, 7) is 2.34. The van der Waals surface area contributed by atoms with Crippen LogP contribution in [0.4, 0.5) is 0 Å². The van der Waals surface area contributed by atoms with Crippen LogP contribution in [0.5, 0.6) is 0 Å². The summed E-state index contributed by atoms with van der Waals surface area (Å²) in [6.07, 6.45) is 0.136. The van der Waals surface area contributed by atoms with Gasteiger partial charge in [0.1, 0.15) is 0 Å². The summed E-state index contributed by atoms with van der Waals surface area (Å²) in [5, 5.41) is 9.43. The molecule has 0 unspecified atom stereocenters. The van der Waals surface area contributed by atoms with Gasteiger partial charge in [-0.25, -0.2) is 0 Å². The van der Waals surface area contributed by atoms with Crippen molar-refractivity contribution < 1.29 is 22.5 Å². The number of alkyl halides is 1. The van der Waals surface area contributed by atoms with Crippen LogP contribution in [0.1, 0.15) is 19.8 Å². The summed E-state index contributed by atoms with van der Waals surface area (Å²) in [6, 6.07) is 0. The molecule has 1 saturated heterocycles. The molecule has 1 aliphatic rings. The summed E-state index contributed by atoms with van der Waals surface area (Å²) < 4.78 is 13.4. The standard InChI is InChI=1S/C10H18INO5/c1-3-7(10(15)16-2)6-12-11-5-8(13)4-9(14)17-11/h7-8,12-13H,3-6H2,1-2H3/t7-,8+/m1/s1. The summed E-state index contributed by atoms with van der Waals surface area (Å²) >= 11 is -2.10. The number of methoxy groups -OCH3 is 1.